The lowest BCUT2D eigenvalue weighted by Crippen LogP contribution is -2.09. The summed E-state index contributed by atoms with van der Waals surface area (Å²) in [6.45, 7) is 3.62. The molecule has 3 rings (SSSR count). The average molecular weight is 304 g/mol. The van der Waals surface area contributed by atoms with E-state index in [-0.39, 0.29) is 5.56 Å². The van der Waals surface area contributed by atoms with Gasteiger partial charge in [0, 0.05) is 5.92 Å². The van der Waals surface area contributed by atoms with Gasteiger partial charge in [0.05, 0.1) is 11.4 Å². The summed E-state index contributed by atoms with van der Waals surface area (Å²) in [4.78, 5) is 20.3. The fourth-order valence-electron chi connectivity index (χ4n) is 2.14. The van der Waals surface area contributed by atoms with Crippen LogP contribution < -0.4 is 0 Å². The average Bonchev–Trinajstić information content (AvgIpc) is 3.18. The molecule has 1 aliphatic rings. The quantitative estimate of drug-likeness (QED) is 0.672. The van der Waals surface area contributed by atoms with Gasteiger partial charge in [-0.2, -0.15) is 0 Å². The number of aryl methyl sites for hydroxylation is 2. The molecule has 0 atom stereocenters. The monoisotopic (exact) mass is 304 g/mol. The fourth-order valence-corrected chi connectivity index (χ4v) is 3.12. The molecule has 0 saturated heterocycles. The molecule has 0 spiro atoms. The zero-order chi connectivity index (χ0) is 15.0. The highest BCUT2D eigenvalue weighted by molar-refractivity contribution is 7.98. The van der Waals surface area contributed by atoms with Crippen LogP contribution in [0.3, 0.4) is 0 Å². The third-order valence-electron chi connectivity index (χ3n) is 3.38. The van der Waals surface area contributed by atoms with E-state index in [1.54, 1.807) is 6.92 Å². The SMILES string of the molecule is Cc1ccc(CSc2nc(C3CC3)nc(C)c2C(=O)O)o1. The zero-order valence-corrected chi connectivity index (χ0v) is 12.7. The molecule has 2 heterocycles. The number of rotatable bonds is 5. The van der Waals surface area contributed by atoms with Crippen molar-refractivity contribution in [1.29, 1.82) is 0 Å². The second kappa shape index (κ2) is 5.52. The van der Waals surface area contributed by atoms with E-state index in [2.05, 4.69) is 9.97 Å². The lowest BCUT2D eigenvalue weighted by molar-refractivity contribution is 0.0690. The number of furan rings is 1. The Kier molecular flexibility index (Phi) is 3.71. The van der Waals surface area contributed by atoms with Gasteiger partial charge >= 0.3 is 5.97 Å². The van der Waals surface area contributed by atoms with Crippen molar-refractivity contribution in [3.05, 3.63) is 40.7 Å². The summed E-state index contributed by atoms with van der Waals surface area (Å²) >= 11 is 1.39. The van der Waals surface area contributed by atoms with Crippen molar-refractivity contribution in [2.24, 2.45) is 0 Å². The number of carboxylic acids is 1. The first-order chi connectivity index (χ1) is 10.0. The Morgan fingerprint density at radius 1 is 1.38 bits per heavy atom. The van der Waals surface area contributed by atoms with Crippen LogP contribution in [0.25, 0.3) is 0 Å². The van der Waals surface area contributed by atoms with Gasteiger partial charge in [0.25, 0.3) is 0 Å². The molecule has 0 aromatic carbocycles. The van der Waals surface area contributed by atoms with Crippen LogP contribution in [0, 0.1) is 13.8 Å². The summed E-state index contributed by atoms with van der Waals surface area (Å²) in [6, 6.07) is 3.80. The van der Waals surface area contributed by atoms with Gasteiger partial charge in [0.1, 0.15) is 27.9 Å². The molecule has 1 aliphatic carbocycles. The Labute approximate surface area is 126 Å². The largest absolute Gasteiger partial charge is 0.478 e. The van der Waals surface area contributed by atoms with E-state index < -0.39 is 5.97 Å². The number of aromatic nitrogens is 2. The van der Waals surface area contributed by atoms with Gasteiger partial charge in [-0.3, -0.25) is 0 Å². The molecule has 1 saturated carbocycles. The predicted molar refractivity (Wildman–Crippen MR) is 78.7 cm³/mol. The van der Waals surface area contributed by atoms with E-state index in [1.165, 1.54) is 11.8 Å². The van der Waals surface area contributed by atoms with Crippen molar-refractivity contribution in [2.75, 3.05) is 0 Å². The number of hydrogen-bond acceptors (Lipinski definition) is 5. The molecule has 0 bridgehead atoms. The van der Waals surface area contributed by atoms with Crippen LogP contribution in [0.15, 0.2) is 21.6 Å². The van der Waals surface area contributed by atoms with Crippen molar-refractivity contribution >= 4 is 17.7 Å². The molecule has 5 nitrogen and oxygen atoms in total. The van der Waals surface area contributed by atoms with Gasteiger partial charge in [0.2, 0.25) is 0 Å². The van der Waals surface area contributed by atoms with Gasteiger partial charge in [-0.1, -0.05) is 11.8 Å². The number of carbonyl (C=O) groups is 1. The molecular weight excluding hydrogens is 288 g/mol. The highest BCUT2D eigenvalue weighted by Crippen LogP contribution is 2.39. The Balaban J connectivity index is 1.88. The standard InChI is InChI=1S/C15H16N2O3S/c1-8-3-6-11(20-8)7-21-14-12(15(18)19)9(2)16-13(17-14)10-4-5-10/h3,6,10H,4-5,7H2,1-2H3,(H,18,19). The maximum atomic E-state index is 11.4. The molecule has 1 N–H and O–H groups in total. The molecule has 0 radical (unpaired) electrons. The third-order valence-corrected chi connectivity index (χ3v) is 4.38. The zero-order valence-electron chi connectivity index (χ0n) is 11.9. The number of carboxylic acid groups (broad SMARTS) is 1. The minimum Gasteiger partial charge on any atom is -0.478 e. The molecule has 6 heteroatoms. The summed E-state index contributed by atoms with van der Waals surface area (Å²) < 4.78 is 5.51. The van der Waals surface area contributed by atoms with Crippen LogP contribution in [-0.4, -0.2) is 21.0 Å². The number of aromatic carboxylic acids is 1. The first-order valence-electron chi connectivity index (χ1n) is 6.84. The van der Waals surface area contributed by atoms with E-state index in [9.17, 15) is 9.90 Å². The second-order valence-corrected chi connectivity index (χ2v) is 6.19. The van der Waals surface area contributed by atoms with E-state index in [0.29, 0.717) is 22.4 Å². The molecule has 110 valence electrons. The van der Waals surface area contributed by atoms with Gasteiger partial charge < -0.3 is 9.52 Å². The molecular formula is C15H16N2O3S. The first kappa shape index (κ1) is 14.1. The summed E-state index contributed by atoms with van der Waals surface area (Å²) in [5.41, 5.74) is 0.741. The maximum Gasteiger partial charge on any atom is 0.340 e. The van der Waals surface area contributed by atoms with Crippen molar-refractivity contribution in [2.45, 2.75) is 43.4 Å². The Morgan fingerprint density at radius 2 is 2.14 bits per heavy atom. The first-order valence-corrected chi connectivity index (χ1v) is 7.83. The lowest BCUT2D eigenvalue weighted by atomic mass is 10.2. The fraction of sp³-hybridized carbons (Fsp3) is 0.400. The van der Waals surface area contributed by atoms with Gasteiger partial charge in [-0.15, -0.1) is 0 Å². The third kappa shape index (κ3) is 3.10. The van der Waals surface area contributed by atoms with Crippen molar-refractivity contribution in [1.82, 2.24) is 9.97 Å². The minimum absolute atomic E-state index is 0.202. The van der Waals surface area contributed by atoms with E-state index >= 15 is 0 Å². The Bertz CT molecular complexity index is 692. The normalized spacial score (nSPS) is 14.4. The van der Waals surface area contributed by atoms with Crippen LogP contribution in [0.2, 0.25) is 0 Å². The van der Waals surface area contributed by atoms with Crippen LogP contribution in [-0.2, 0) is 5.75 Å². The van der Waals surface area contributed by atoms with E-state index in [0.717, 1.165) is 30.2 Å². The maximum absolute atomic E-state index is 11.4. The van der Waals surface area contributed by atoms with Crippen LogP contribution >= 0.6 is 11.8 Å². The molecule has 1 fully saturated rings. The Hall–Kier alpha value is -1.82. The molecule has 2 aromatic rings. The van der Waals surface area contributed by atoms with Crippen molar-refractivity contribution in [3.63, 3.8) is 0 Å². The molecule has 2 aromatic heterocycles. The Morgan fingerprint density at radius 3 is 2.71 bits per heavy atom. The number of nitrogens with zero attached hydrogens (tertiary/aromatic N) is 2. The van der Waals surface area contributed by atoms with Gasteiger partial charge in [0.15, 0.2) is 0 Å². The smallest absolute Gasteiger partial charge is 0.340 e. The highest BCUT2D eigenvalue weighted by atomic mass is 32.2. The van der Waals surface area contributed by atoms with E-state index in [1.807, 2.05) is 19.1 Å². The number of hydrogen-bond donors (Lipinski definition) is 1. The molecule has 21 heavy (non-hydrogen) atoms. The molecule has 0 aliphatic heterocycles. The van der Waals surface area contributed by atoms with Gasteiger partial charge in [-0.05, 0) is 38.8 Å². The predicted octanol–water partition coefficient (Wildman–Crippen LogP) is 3.55. The molecule has 0 unspecified atom stereocenters. The van der Waals surface area contributed by atoms with Gasteiger partial charge in [-0.25, -0.2) is 14.8 Å². The second-order valence-electron chi connectivity index (χ2n) is 5.23. The van der Waals surface area contributed by atoms with Crippen LogP contribution in [0.1, 0.15) is 52.2 Å². The highest BCUT2D eigenvalue weighted by Gasteiger charge is 2.29. The summed E-state index contributed by atoms with van der Waals surface area (Å²) in [6.07, 6.45) is 2.18. The van der Waals surface area contributed by atoms with E-state index in [4.69, 9.17) is 4.42 Å². The summed E-state index contributed by atoms with van der Waals surface area (Å²) in [5, 5.41) is 9.91. The number of thioether (sulfide) groups is 1. The minimum atomic E-state index is -0.979. The summed E-state index contributed by atoms with van der Waals surface area (Å²) in [7, 11) is 0. The van der Waals surface area contributed by atoms with Crippen molar-refractivity contribution in [3.8, 4) is 0 Å². The van der Waals surface area contributed by atoms with Crippen molar-refractivity contribution < 1.29 is 14.3 Å². The molecule has 0 amide bonds. The van der Waals surface area contributed by atoms with Crippen LogP contribution in [0.4, 0.5) is 0 Å². The summed E-state index contributed by atoms with van der Waals surface area (Å²) in [5.74, 6) is 2.43. The topological polar surface area (TPSA) is 76.2 Å². The lowest BCUT2D eigenvalue weighted by Gasteiger charge is -2.09. The van der Waals surface area contributed by atoms with Crippen LogP contribution in [0.5, 0.6) is 0 Å².